The summed E-state index contributed by atoms with van der Waals surface area (Å²) in [7, 11) is 2.92. The topological polar surface area (TPSA) is 57.2 Å². The third-order valence-corrected chi connectivity index (χ3v) is 12.7. The molecule has 6 aliphatic rings. The van der Waals surface area contributed by atoms with Crippen molar-refractivity contribution in [3.8, 4) is 0 Å². The lowest BCUT2D eigenvalue weighted by Gasteiger charge is -2.44. The summed E-state index contributed by atoms with van der Waals surface area (Å²) in [6, 6.07) is 0. The van der Waals surface area contributed by atoms with Gasteiger partial charge in [0.05, 0.1) is 28.4 Å². The minimum absolute atomic E-state index is 0.143. The first kappa shape index (κ1) is 23.8. The van der Waals surface area contributed by atoms with Crippen LogP contribution in [0.3, 0.4) is 0 Å². The van der Waals surface area contributed by atoms with E-state index in [2.05, 4.69) is 13.8 Å². The highest BCUT2D eigenvalue weighted by molar-refractivity contribution is 6.52. The lowest BCUT2D eigenvalue weighted by molar-refractivity contribution is -0.225. The molecule has 0 aromatic rings. The van der Waals surface area contributed by atoms with Crippen molar-refractivity contribution in [2.75, 3.05) is 14.2 Å². The molecule has 6 rings (SSSR count). The van der Waals surface area contributed by atoms with Crippen LogP contribution in [-0.2, 0) is 18.9 Å². The van der Waals surface area contributed by atoms with E-state index >= 15 is 0 Å². The third-order valence-electron chi connectivity index (χ3n) is 10.0. The van der Waals surface area contributed by atoms with Gasteiger partial charge in [0.2, 0.25) is 5.79 Å². The van der Waals surface area contributed by atoms with Gasteiger partial charge in [0.15, 0.2) is 6.29 Å². The van der Waals surface area contributed by atoms with Crippen LogP contribution >= 0.6 is 46.4 Å². The highest BCUT2D eigenvalue weighted by atomic mass is 35.5. The fraction of sp³-hybridized carbons (Fsp3) is 0.833. The standard InChI is InChI=1S/C24H30Cl4O5/c1-21(2)11-5-6-12(21)18-10(11)9-15(33-18)32-14-8-7-13(29)16-17(14)23(28)20(26)19(25)22(16,27)24(23,30-3)31-4/h7-8,10-18,29H,5-6,9H2,1-4H3/t10-,11+,12-,13+,14-,15-,16+,17-,18-,22+,23-/m0/s1. The summed E-state index contributed by atoms with van der Waals surface area (Å²) < 4.78 is 24.7. The Morgan fingerprint density at radius 3 is 2.18 bits per heavy atom. The van der Waals surface area contributed by atoms with Crippen LogP contribution in [0.25, 0.3) is 0 Å². The first-order valence-electron chi connectivity index (χ1n) is 11.7. The maximum absolute atomic E-state index is 11.0. The summed E-state index contributed by atoms with van der Waals surface area (Å²) in [4.78, 5) is -2.91. The number of ether oxygens (including phenoxy) is 4. The minimum atomic E-state index is -1.57. The molecular formula is C24H30Cl4O5. The number of hydrogen-bond acceptors (Lipinski definition) is 5. The predicted octanol–water partition coefficient (Wildman–Crippen LogP) is 4.99. The molecule has 4 fully saturated rings. The molecule has 5 nitrogen and oxygen atoms in total. The first-order valence-corrected chi connectivity index (χ1v) is 13.2. The largest absolute Gasteiger partial charge is 0.389 e. The monoisotopic (exact) mass is 538 g/mol. The summed E-state index contributed by atoms with van der Waals surface area (Å²) in [5, 5.41) is 11.3. The second-order valence-electron chi connectivity index (χ2n) is 11.1. The molecule has 0 aromatic carbocycles. The molecule has 1 aliphatic heterocycles. The van der Waals surface area contributed by atoms with Crippen LogP contribution in [0.2, 0.25) is 0 Å². The van der Waals surface area contributed by atoms with Crippen LogP contribution in [0.4, 0.5) is 0 Å². The quantitative estimate of drug-likeness (QED) is 0.310. The van der Waals surface area contributed by atoms with Crippen LogP contribution in [0.1, 0.15) is 33.1 Å². The Labute approximate surface area is 214 Å². The number of fused-ring (bicyclic) bond motifs is 10. The Morgan fingerprint density at radius 1 is 0.970 bits per heavy atom. The van der Waals surface area contributed by atoms with Crippen molar-refractivity contribution in [2.24, 2.45) is 35.0 Å². The molecule has 1 saturated heterocycles. The number of methoxy groups -OCH3 is 2. The molecule has 5 aliphatic carbocycles. The number of hydrogen-bond donors (Lipinski definition) is 1. The predicted molar refractivity (Wildman–Crippen MR) is 126 cm³/mol. The van der Waals surface area contributed by atoms with Gasteiger partial charge in [0.1, 0.15) is 9.75 Å². The van der Waals surface area contributed by atoms with Gasteiger partial charge in [-0.1, -0.05) is 49.2 Å². The van der Waals surface area contributed by atoms with Crippen molar-refractivity contribution in [1.82, 2.24) is 0 Å². The maximum atomic E-state index is 11.0. The Balaban J connectivity index is 1.33. The molecule has 33 heavy (non-hydrogen) atoms. The summed E-state index contributed by atoms with van der Waals surface area (Å²) in [6.45, 7) is 4.75. The third kappa shape index (κ3) is 2.46. The van der Waals surface area contributed by atoms with E-state index in [0.717, 1.165) is 6.42 Å². The van der Waals surface area contributed by atoms with Crippen molar-refractivity contribution >= 4 is 46.4 Å². The Morgan fingerprint density at radius 2 is 1.58 bits per heavy atom. The molecule has 9 heteroatoms. The number of aliphatic hydroxyl groups excluding tert-OH is 1. The fourth-order valence-corrected chi connectivity index (χ4v) is 11.0. The van der Waals surface area contributed by atoms with E-state index < -0.39 is 39.6 Å². The van der Waals surface area contributed by atoms with Crippen molar-refractivity contribution < 1.29 is 24.1 Å². The van der Waals surface area contributed by atoms with Gasteiger partial charge < -0.3 is 24.1 Å². The summed E-state index contributed by atoms with van der Waals surface area (Å²) in [5.41, 5.74) is 0.321. The van der Waals surface area contributed by atoms with Crippen molar-refractivity contribution in [3.63, 3.8) is 0 Å². The SMILES string of the molecule is COC1(OC)[C@@]2(Cl)C(Cl)=C(Cl)[C@]1(Cl)[C@H]1[C@@H]2[C@@H](O[C@@H]2C[C@@H]3[C@H](O2)[C@@H]2CC[C@H]3C2(C)C)C=C[C@H]1O. The van der Waals surface area contributed by atoms with Crippen molar-refractivity contribution in [1.29, 1.82) is 0 Å². The summed E-state index contributed by atoms with van der Waals surface area (Å²) in [5.74, 6) is -0.997. The summed E-state index contributed by atoms with van der Waals surface area (Å²) in [6.07, 6.45) is 5.31. The number of rotatable bonds is 4. The van der Waals surface area contributed by atoms with Gasteiger partial charge in [0, 0.05) is 32.5 Å². The molecule has 11 atom stereocenters. The zero-order valence-corrected chi connectivity index (χ0v) is 22.1. The molecule has 0 spiro atoms. The second-order valence-corrected chi connectivity index (χ2v) is 13.1. The molecule has 3 saturated carbocycles. The second kappa shape index (κ2) is 7.26. The van der Waals surface area contributed by atoms with Crippen LogP contribution < -0.4 is 0 Å². The van der Waals surface area contributed by atoms with Crippen LogP contribution in [0.5, 0.6) is 0 Å². The molecule has 0 radical (unpaired) electrons. The van der Waals surface area contributed by atoms with Gasteiger partial charge in [-0.2, -0.15) is 0 Å². The van der Waals surface area contributed by atoms with Gasteiger partial charge in [-0.3, -0.25) is 0 Å². The Hall–Kier alpha value is 0.440. The molecule has 0 unspecified atom stereocenters. The van der Waals surface area contributed by atoms with Crippen LogP contribution in [0, 0.1) is 35.0 Å². The fourth-order valence-electron chi connectivity index (χ4n) is 8.72. The number of alkyl halides is 2. The number of aliphatic hydroxyl groups is 1. The van der Waals surface area contributed by atoms with E-state index in [4.69, 9.17) is 65.4 Å². The van der Waals surface area contributed by atoms with E-state index in [9.17, 15) is 5.11 Å². The van der Waals surface area contributed by atoms with E-state index in [1.807, 2.05) is 6.08 Å². The molecule has 184 valence electrons. The average molecular weight is 540 g/mol. The van der Waals surface area contributed by atoms with Gasteiger partial charge in [-0.15, -0.1) is 23.2 Å². The first-order chi connectivity index (χ1) is 15.5. The van der Waals surface area contributed by atoms with Gasteiger partial charge in [-0.25, -0.2) is 0 Å². The highest BCUT2D eigenvalue weighted by Gasteiger charge is 2.86. The smallest absolute Gasteiger partial charge is 0.217 e. The van der Waals surface area contributed by atoms with E-state index in [-0.39, 0.29) is 22.5 Å². The molecular weight excluding hydrogens is 510 g/mol. The van der Waals surface area contributed by atoms with Crippen molar-refractivity contribution in [2.45, 2.75) is 73.2 Å². The molecule has 0 amide bonds. The van der Waals surface area contributed by atoms with E-state index in [0.29, 0.717) is 23.2 Å². The zero-order chi connectivity index (χ0) is 23.7. The Kier molecular flexibility index (Phi) is 5.24. The minimum Gasteiger partial charge on any atom is -0.389 e. The van der Waals surface area contributed by atoms with E-state index in [1.165, 1.54) is 27.1 Å². The molecule has 4 bridgehead atoms. The van der Waals surface area contributed by atoms with Gasteiger partial charge in [-0.05, 0) is 36.0 Å². The zero-order valence-electron chi connectivity index (χ0n) is 19.1. The summed E-state index contributed by atoms with van der Waals surface area (Å²) >= 11 is 27.8. The maximum Gasteiger partial charge on any atom is 0.217 e. The normalized spacial score (nSPS) is 54.9. The number of halogens is 4. The molecule has 0 aromatic heterocycles. The van der Waals surface area contributed by atoms with Gasteiger partial charge >= 0.3 is 0 Å². The van der Waals surface area contributed by atoms with E-state index in [1.54, 1.807) is 6.08 Å². The average Bonchev–Trinajstić information content (AvgIpc) is 3.45. The van der Waals surface area contributed by atoms with Gasteiger partial charge in [0.25, 0.3) is 0 Å². The lowest BCUT2D eigenvalue weighted by atomic mass is 9.72. The van der Waals surface area contributed by atoms with Crippen LogP contribution in [0.15, 0.2) is 22.2 Å². The molecule has 1 N–H and O–H groups in total. The lowest BCUT2D eigenvalue weighted by Crippen LogP contribution is -2.58. The van der Waals surface area contributed by atoms with Crippen LogP contribution in [-0.4, -0.2) is 59.5 Å². The highest BCUT2D eigenvalue weighted by Crippen LogP contribution is 2.76. The molecule has 1 heterocycles. The van der Waals surface area contributed by atoms with Crippen molar-refractivity contribution in [3.05, 3.63) is 22.2 Å². The Bertz CT molecular complexity index is 912.